The van der Waals surface area contributed by atoms with E-state index in [0.717, 1.165) is 77.0 Å². The summed E-state index contributed by atoms with van der Waals surface area (Å²) in [5, 5.41) is 0. The van der Waals surface area contributed by atoms with E-state index in [1.165, 1.54) is 141 Å². The summed E-state index contributed by atoms with van der Waals surface area (Å²) in [6, 6.07) is 0. The third kappa shape index (κ3) is 50.0. The van der Waals surface area contributed by atoms with E-state index in [-0.39, 0.29) is 25.2 Å². The van der Waals surface area contributed by atoms with Crippen molar-refractivity contribution in [3.8, 4) is 0 Å². The lowest BCUT2D eigenvalue weighted by molar-refractivity contribution is -0.163. The average molecular weight is 865 g/mol. The van der Waals surface area contributed by atoms with Gasteiger partial charge in [0.15, 0.2) is 6.10 Å². The highest BCUT2D eigenvalue weighted by atomic mass is 16.6. The van der Waals surface area contributed by atoms with Gasteiger partial charge in [-0.3, -0.25) is 9.59 Å². The van der Waals surface area contributed by atoms with E-state index >= 15 is 0 Å². The average Bonchev–Trinajstić information content (AvgIpc) is 3.27. The molecule has 5 heteroatoms. The Labute approximate surface area is 385 Å². The molecule has 0 bridgehead atoms. The highest BCUT2D eigenvalue weighted by molar-refractivity contribution is 5.70. The standard InChI is InChI=1S/C57H100O5/c1-4-7-10-13-16-19-22-25-28-29-31-32-35-38-41-44-47-50-56(58)61-54-55(53-60-52-49-46-43-40-37-34-27-24-21-18-15-12-9-6-3)62-57(59)51-48-45-42-39-36-33-30-26-23-20-17-14-11-8-5-2/h8,11,17,20-21,24-26,28,30,36,39,55H,4-7,9-10,12-16,18-19,22-23,27,29,31-35,37-38,40-54H2,1-3H3/b11-8-,20-17-,24-21-,28-25-,30-26-,39-36-. The van der Waals surface area contributed by atoms with Gasteiger partial charge in [-0.1, -0.05) is 203 Å². The zero-order valence-corrected chi connectivity index (χ0v) is 41.1. The minimum Gasteiger partial charge on any atom is -0.462 e. The van der Waals surface area contributed by atoms with Crippen molar-refractivity contribution in [3.05, 3.63) is 72.9 Å². The first-order valence-corrected chi connectivity index (χ1v) is 26.5. The SMILES string of the molecule is CC/C=C\C/C=C\C/C=C\C/C=C\CCCCC(=O)OC(COCCCCCCCC/C=C\CCCCCC)COC(=O)CCCCCCCCC/C=C\CCCCCCCC. The first-order valence-electron chi connectivity index (χ1n) is 26.5. The van der Waals surface area contributed by atoms with E-state index in [1.54, 1.807) is 0 Å². The summed E-state index contributed by atoms with van der Waals surface area (Å²) < 4.78 is 17.4. The summed E-state index contributed by atoms with van der Waals surface area (Å²) >= 11 is 0. The molecule has 0 aromatic carbocycles. The van der Waals surface area contributed by atoms with E-state index in [9.17, 15) is 9.59 Å². The summed E-state index contributed by atoms with van der Waals surface area (Å²) in [6.07, 6.45) is 67.7. The minimum absolute atomic E-state index is 0.0626. The Bertz CT molecular complexity index is 1110. The molecule has 358 valence electrons. The summed E-state index contributed by atoms with van der Waals surface area (Å²) in [5.74, 6) is -0.450. The van der Waals surface area contributed by atoms with Crippen LogP contribution in [0, 0.1) is 0 Å². The van der Waals surface area contributed by atoms with Gasteiger partial charge in [-0.15, -0.1) is 0 Å². The maximum Gasteiger partial charge on any atom is 0.306 e. The van der Waals surface area contributed by atoms with Gasteiger partial charge in [-0.25, -0.2) is 0 Å². The molecule has 0 rings (SSSR count). The van der Waals surface area contributed by atoms with Crippen molar-refractivity contribution in [2.45, 2.75) is 258 Å². The van der Waals surface area contributed by atoms with Crippen LogP contribution < -0.4 is 0 Å². The van der Waals surface area contributed by atoms with E-state index in [4.69, 9.17) is 14.2 Å². The van der Waals surface area contributed by atoms with E-state index < -0.39 is 6.10 Å². The third-order valence-corrected chi connectivity index (χ3v) is 11.2. The molecule has 1 unspecified atom stereocenters. The number of hydrogen-bond acceptors (Lipinski definition) is 5. The molecule has 0 spiro atoms. The Hall–Kier alpha value is -2.66. The number of hydrogen-bond donors (Lipinski definition) is 0. The first-order chi connectivity index (χ1) is 30.6. The van der Waals surface area contributed by atoms with Gasteiger partial charge in [0.1, 0.15) is 6.61 Å². The molecule has 0 aliphatic carbocycles. The van der Waals surface area contributed by atoms with Crippen LogP contribution in [0.5, 0.6) is 0 Å². The molecule has 0 heterocycles. The van der Waals surface area contributed by atoms with E-state index in [2.05, 4.69) is 93.7 Å². The predicted octanol–water partition coefficient (Wildman–Crippen LogP) is 17.9. The molecule has 0 amide bonds. The van der Waals surface area contributed by atoms with Crippen LogP contribution in [0.3, 0.4) is 0 Å². The fourth-order valence-electron chi connectivity index (χ4n) is 7.25. The van der Waals surface area contributed by atoms with Crippen LogP contribution in [0.15, 0.2) is 72.9 Å². The van der Waals surface area contributed by atoms with Crippen molar-refractivity contribution in [2.24, 2.45) is 0 Å². The van der Waals surface area contributed by atoms with Crippen LogP contribution in [-0.4, -0.2) is 37.9 Å². The fourth-order valence-corrected chi connectivity index (χ4v) is 7.25. The number of allylic oxidation sites excluding steroid dienone is 12. The molecular formula is C57H100O5. The van der Waals surface area contributed by atoms with Crippen molar-refractivity contribution < 1.29 is 23.8 Å². The van der Waals surface area contributed by atoms with E-state index in [1.807, 2.05) is 0 Å². The molecule has 0 N–H and O–H groups in total. The fraction of sp³-hybridized carbons (Fsp3) is 0.754. The highest BCUT2D eigenvalue weighted by Gasteiger charge is 2.17. The number of esters is 2. The molecular weight excluding hydrogens is 765 g/mol. The molecule has 0 saturated heterocycles. The maximum absolute atomic E-state index is 12.8. The van der Waals surface area contributed by atoms with Gasteiger partial charge < -0.3 is 14.2 Å². The maximum atomic E-state index is 12.8. The zero-order chi connectivity index (χ0) is 44.9. The summed E-state index contributed by atoms with van der Waals surface area (Å²) in [6.45, 7) is 7.65. The Balaban J connectivity index is 4.34. The summed E-state index contributed by atoms with van der Waals surface area (Å²) in [4.78, 5) is 25.4. The molecule has 62 heavy (non-hydrogen) atoms. The number of unbranched alkanes of at least 4 members (excludes halogenated alkanes) is 25. The normalized spacial score (nSPS) is 12.8. The van der Waals surface area contributed by atoms with Gasteiger partial charge in [0.05, 0.1) is 6.61 Å². The summed E-state index contributed by atoms with van der Waals surface area (Å²) in [7, 11) is 0. The van der Waals surface area contributed by atoms with Gasteiger partial charge in [-0.2, -0.15) is 0 Å². The van der Waals surface area contributed by atoms with Gasteiger partial charge in [-0.05, 0) is 109 Å². The Morgan fingerprint density at radius 3 is 1.23 bits per heavy atom. The van der Waals surface area contributed by atoms with Crippen molar-refractivity contribution in [1.82, 2.24) is 0 Å². The second-order valence-electron chi connectivity index (χ2n) is 17.4. The molecule has 1 atom stereocenters. The molecule has 0 aliphatic rings. The second kappa shape index (κ2) is 52.7. The molecule has 5 nitrogen and oxygen atoms in total. The summed E-state index contributed by atoms with van der Waals surface area (Å²) in [5.41, 5.74) is 0. The molecule has 0 aromatic rings. The predicted molar refractivity (Wildman–Crippen MR) is 270 cm³/mol. The first kappa shape index (κ1) is 59.3. The molecule has 0 saturated carbocycles. The number of carbonyl (C=O) groups is 2. The highest BCUT2D eigenvalue weighted by Crippen LogP contribution is 2.14. The van der Waals surface area contributed by atoms with Crippen LogP contribution in [-0.2, 0) is 23.8 Å². The largest absolute Gasteiger partial charge is 0.462 e. The number of carbonyl (C=O) groups excluding carboxylic acids is 2. The van der Waals surface area contributed by atoms with Crippen LogP contribution in [0.1, 0.15) is 252 Å². The van der Waals surface area contributed by atoms with Crippen LogP contribution in [0.4, 0.5) is 0 Å². The van der Waals surface area contributed by atoms with Crippen LogP contribution >= 0.6 is 0 Å². The van der Waals surface area contributed by atoms with Crippen molar-refractivity contribution in [3.63, 3.8) is 0 Å². The van der Waals surface area contributed by atoms with Crippen molar-refractivity contribution >= 4 is 11.9 Å². The number of ether oxygens (including phenoxy) is 3. The van der Waals surface area contributed by atoms with Gasteiger partial charge in [0.2, 0.25) is 0 Å². The molecule has 0 radical (unpaired) electrons. The van der Waals surface area contributed by atoms with Crippen molar-refractivity contribution in [2.75, 3.05) is 19.8 Å². The van der Waals surface area contributed by atoms with E-state index in [0.29, 0.717) is 19.4 Å². The van der Waals surface area contributed by atoms with Gasteiger partial charge >= 0.3 is 11.9 Å². The molecule has 0 aliphatic heterocycles. The Morgan fingerprint density at radius 1 is 0.371 bits per heavy atom. The Morgan fingerprint density at radius 2 is 0.726 bits per heavy atom. The zero-order valence-electron chi connectivity index (χ0n) is 41.1. The topological polar surface area (TPSA) is 61.8 Å². The molecule has 0 aromatic heterocycles. The lowest BCUT2D eigenvalue weighted by Crippen LogP contribution is -2.30. The van der Waals surface area contributed by atoms with Gasteiger partial charge in [0, 0.05) is 19.4 Å². The van der Waals surface area contributed by atoms with Gasteiger partial charge in [0.25, 0.3) is 0 Å². The smallest absolute Gasteiger partial charge is 0.306 e. The third-order valence-electron chi connectivity index (χ3n) is 11.2. The van der Waals surface area contributed by atoms with Crippen LogP contribution in [0.2, 0.25) is 0 Å². The lowest BCUT2D eigenvalue weighted by Gasteiger charge is -2.18. The Kier molecular flexibility index (Phi) is 50.4. The van der Waals surface area contributed by atoms with Crippen molar-refractivity contribution in [1.29, 1.82) is 0 Å². The molecule has 0 fully saturated rings. The van der Waals surface area contributed by atoms with Crippen LogP contribution in [0.25, 0.3) is 0 Å². The lowest BCUT2D eigenvalue weighted by atomic mass is 10.1. The minimum atomic E-state index is -0.564. The quantitative estimate of drug-likeness (QED) is 0.0346. The second-order valence-corrected chi connectivity index (χ2v) is 17.4. The monoisotopic (exact) mass is 865 g/mol. The number of rotatable bonds is 48.